The highest BCUT2D eigenvalue weighted by Gasteiger charge is 2.16. The standard InChI is InChI=1S/C21H27N3O3/c1-17(21(25)26)27-20-5-3-18(4-6-20)15-23-11-2-12-24(14-13-23)16-19-7-9-22-10-8-19/h3-10,17H,2,11-16H2,1H3,(H,25,26)/t17-/m1/s1. The molecular formula is C21H27N3O3. The number of hydrogen-bond donors (Lipinski definition) is 1. The number of rotatable bonds is 7. The van der Waals surface area contributed by atoms with Crippen LogP contribution >= 0.6 is 0 Å². The van der Waals surface area contributed by atoms with Gasteiger partial charge in [0.05, 0.1) is 0 Å². The first-order chi connectivity index (χ1) is 13.1. The van der Waals surface area contributed by atoms with Crippen molar-refractivity contribution in [3.8, 4) is 5.75 Å². The van der Waals surface area contributed by atoms with Crippen molar-refractivity contribution in [2.45, 2.75) is 32.5 Å². The van der Waals surface area contributed by atoms with Gasteiger partial charge in [0.15, 0.2) is 6.10 Å². The maximum absolute atomic E-state index is 10.9. The van der Waals surface area contributed by atoms with Crippen LogP contribution in [-0.4, -0.2) is 58.1 Å². The van der Waals surface area contributed by atoms with E-state index >= 15 is 0 Å². The molecule has 0 saturated carbocycles. The number of hydrogen-bond acceptors (Lipinski definition) is 5. The number of carboxylic acid groups (broad SMARTS) is 1. The Bertz CT molecular complexity index is 721. The second-order valence-corrected chi connectivity index (χ2v) is 7.00. The Morgan fingerprint density at radius 3 is 2.11 bits per heavy atom. The van der Waals surface area contributed by atoms with E-state index in [0.717, 1.165) is 45.7 Å². The van der Waals surface area contributed by atoms with Crippen LogP contribution in [-0.2, 0) is 17.9 Å². The number of carboxylic acids is 1. The summed E-state index contributed by atoms with van der Waals surface area (Å²) < 4.78 is 5.39. The molecule has 2 heterocycles. The molecule has 2 aromatic rings. The molecule has 1 aromatic heterocycles. The molecule has 0 bridgehead atoms. The van der Waals surface area contributed by atoms with Crippen LogP contribution < -0.4 is 4.74 Å². The lowest BCUT2D eigenvalue weighted by molar-refractivity contribution is -0.144. The molecule has 1 atom stereocenters. The molecule has 0 radical (unpaired) electrons. The number of aromatic nitrogens is 1. The smallest absolute Gasteiger partial charge is 0.344 e. The number of benzene rings is 1. The lowest BCUT2D eigenvalue weighted by atomic mass is 10.2. The van der Waals surface area contributed by atoms with E-state index in [9.17, 15) is 4.79 Å². The van der Waals surface area contributed by atoms with Gasteiger partial charge in [-0.05, 0) is 61.8 Å². The monoisotopic (exact) mass is 369 g/mol. The normalized spacial score (nSPS) is 17.2. The molecule has 1 fully saturated rings. The SMILES string of the molecule is C[C@@H](Oc1ccc(CN2CCCN(Cc3ccncc3)CC2)cc1)C(=O)O. The highest BCUT2D eigenvalue weighted by atomic mass is 16.5. The van der Waals surface area contributed by atoms with E-state index in [0.29, 0.717) is 5.75 Å². The maximum atomic E-state index is 10.9. The molecule has 6 heteroatoms. The Morgan fingerprint density at radius 2 is 1.56 bits per heavy atom. The quantitative estimate of drug-likeness (QED) is 0.809. The van der Waals surface area contributed by atoms with Gasteiger partial charge in [-0.3, -0.25) is 14.8 Å². The Labute approximate surface area is 160 Å². The van der Waals surface area contributed by atoms with Crippen LogP contribution in [0.3, 0.4) is 0 Å². The van der Waals surface area contributed by atoms with E-state index < -0.39 is 12.1 Å². The maximum Gasteiger partial charge on any atom is 0.344 e. The van der Waals surface area contributed by atoms with Crippen LogP contribution in [0.1, 0.15) is 24.5 Å². The van der Waals surface area contributed by atoms with Gasteiger partial charge in [0.1, 0.15) is 5.75 Å². The fourth-order valence-electron chi connectivity index (χ4n) is 3.27. The fraction of sp³-hybridized carbons (Fsp3) is 0.429. The molecule has 0 amide bonds. The average molecular weight is 369 g/mol. The summed E-state index contributed by atoms with van der Waals surface area (Å²) in [5, 5.41) is 8.92. The largest absolute Gasteiger partial charge is 0.479 e. The van der Waals surface area contributed by atoms with Gasteiger partial charge in [0.25, 0.3) is 0 Å². The number of ether oxygens (including phenoxy) is 1. The molecule has 6 nitrogen and oxygen atoms in total. The van der Waals surface area contributed by atoms with Crippen molar-refractivity contribution in [2.75, 3.05) is 26.2 Å². The van der Waals surface area contributed by atoms with Crippen LogP contribution in [0.5, 0.6) is 5.75 Å². The molecule has 27 heavy (non-hydrogen) atoms. The van der Waals surface area contributed by atoms with Crippen molar-refractivity contribution in [1.82, 2.24) is 14.8 Å². The minimum atomic E-state index is -0.958. The number of aliphatic carboxylic acids is 1. The number of nitrogens with zero attached hydrogens (tertiary/aromatic N) is 3. The summed E-state index contributed by atoms with van der Waals surface area (Å²) >= 11 is 0. The molecule has 0 unspecified atom stereocenters. The minimum Gasteiger partial charge on any atom is -0.479 e. The van der Waals surface area contributed by atoms with Crippen LogP contribution in [0.25, 0.3) is 0 Å². The summed E-state index contributed by atoms with van der Waals surface area (Å²) in [5.74, 6) is -0.368. The molecule has 1 saturated heterocycles. The Hall–Kier alpha value is -2.44. The third kappa shape index (κ3) is 6.05. The zero-order chi connectivity index (χ0) is 19.1. The summed E-state index contributed by atoms with van der Waals surface area (Å²) in [7, 11) is 0. The second-order valence-electron chi connectivity index (χ2n) is 7.00. The van der Waals surface area contributed by atoms with Crippen molar-refractivity contribution in [3.63, 3.8) is 0 Å². The first-order valence-electron chi connectivity index (χ1n) is 9.42. The van der Waals surface area contributed by atoms with E-state index in [-0.39, 0.29) is 0 Å². The first-order valence-corrected chi connectivity index (χ1v) is 9.42. The molecule has 0 aliphatic carbocycles. The van der Waals surface area contributed by atoms with Gasteiger partial charge in [-0.15, -0.1) is 0 Å². The van der Waals surface area contributed by atoms with E-state index in [1.165, 1.54) is 18.1 Å². The molecule has 1 aliphatic heterocycles. The third-order valence-corrected chi connectivity index (χ3v) is 4.83. The topological polar surface area (TPSA) is 65.9 Å². The zero-order valence-corrected chi connectivity index (χ0v) is 15.8. The Kier molecular flexibility index (Phi) is 6.79. The number of pyridine rings is 1. The Morgan fingerprint density at radius 1 is 1.00 bits per heavy atom. The van der Waals surface area contributed by atoms with Crippen molar-refractivity contribution < 1.29 is 14.6 Å². The van der Waals surface area contributed by atoms with Crippen molar-refractivity contribution in [3.05, 3.63) is 59.9 Å². The summed E-state index contributed by atoms with van der Waals surface area (Å²) in [6.07, 6.45) is 4.02. The molecule has 144 valence electrons. The van der Waals surface area contributed by atoms with E-state index in [1.807, 2.05) is 36.7 Å². The van der Waals surface area contributed by atoms with Gasteiger partial charge in [-0.1, -0.05) is 12.1 Å². The summed E-state index contributed by atoms with van der Waals surface area (Å²) in [5.41, 5.74) is 2.53. The first kappa shape index (κ1) is 19.3. The molecule has 1 aliphatic rings. The lowest BCUT2D eigenvalue weighted by Crippen LogP contribution is -2.30. The lowest BCUT2D eigenvalue weighted by Gasteiger charge is -2.22. The van der Waals surface area contributed by atoms with E-state index in [2.05, 4.69) is 26.9 Å². The van der Waals surface area contributed by atoms with Gasteiger partial charge in [-0.2, -0.15) is 0 Å². The van der Waals surface area contributed by atoms with Crippen LogP contribution in [0.2, 0.25) is 0 Å². The second kappa shape index (κ2) is 9.48. The van der Waals surface area contributed by atoms with Gasteiger partial charge >= 0.3 is 5.97 Å². The number of carbonyl (C=O) groups is 1. The average Bonchev–Trinajstić information content (AvgIpc) is 2.89. The summed E-state index contributed by atoms with van der Waals surface area (Å²) in [6, 6.07) is 11.9. The molecule has 3 rings (SSSR count). The van der Waals surface area contributed by atoms with Crippen molar-refractivity contribution >= 4 is 5.97 Å². The van der Waals surface area contributed by atoms with Gasteiger partial charge < -0.3 is 9.84 Å². The third-order valence-electron chi connectivity index (χ3n) is 4.83. The van der Waals surface area contributed by atoms with Crippen LogP contribution in [0.4, 0.5) is 0 Å². The van der Waals surface area contributed by atoms with Crippen LogP contribution in [0.15, 0.2) is 48.8 Å². The summed E-state index contributed by atoms with van der Waals surface area (Å²) in [6.45, 7) is 7.70. The predicted molar refractivity (Wildman–Crippen MR) is 104 cm³/mol. The van der Waals surface area contributed by atoms with E-state index in [1.54, 1.807) is 0 Å². The minimum absolute atomic E-state index is 0.591. The van der Waals surface area contributed by atoms with E-state index in [4.69, 9.17) is 9.84 Å². The molecule has 0 spiro atoms. The van der Waals surface area contributed by atoms with Crippen molar-refractivity contribution in [1.29, 1.82) is 0 Å². The molecular weight excluding hydrogens is 342 g/mol. The van der Waals surface area contributed by atoms with Gasteiger partial charge in [-0.25, -0.2) is 4.79 Å². The van der Waals surface area contributed by atoms with Gasteiger partial charge in [0, 0.05) is 38.6 Å². The molecule has 1 N–H and O–H groups in total. The highest BCUT2D eigenvalue weighted by molar-refractivity contribution is 5.72. The Balaban J connectivity index is 1.49. The highest BCUT2D eigenvalue weighted by Crippen LogP contribution is 2.16. The zero-order valence-electron chi connectivity index (χ0n) is 15.8. The van der Waals surface area contributed by atoms with Crippen LogP contribution in [0, 0.1) is 0 Å². The van der Waals surface area contributed by atoms with Crippen molar-refractivity contribution in [2.24, 2.45) is 0 Å². The fourth-order valence-corrected chi connectivity index (χ4v) is 3.27. The summed E-state index contributed by atoms with van der Waals surface area (Å²) in [4.78, 5) is 19.9. The van der Waals surface area contributed by atoms with Gasteiger partial charge in [0.2, 0.25) is 0 Å². The molecule has 1 aromatic carbocycles. The predicted octanol–water partition coefficient (Wildman–Crippen LogP) is 2.64.